The molecule has 0 saturated heterocycles. The predicted molar refractivity (Wildman–Crippen MR) is 181 cm³/mol. The molecule has 0 bridgehead atoms. The van der Waals surface area contributed by atoms with Crippen LogP contribution in [-0.4, -0.2) is 4.98 Å². The first-order valence-corrected chi connectivity index (χ1v) is 14.4. The maximum absolute atomic E-state index is 9.66. The second-order valence-electron chi connectivity index (χ2n) is 10.7. The summed E-state index contributed by atoms with van der Waals surface area (Å²) in [6.45, 7) is 0. The van der Waals surface area contributed by atoms with E-state index >= 15 is 0 Å². The van der Waals surface area contributed by atoms with Gasteiger partial charge in [0.05, 0.1) is 23.4 Å². The summed E-state index contributed by atoms with van der Waals surface area (Å²) in [4.78, 5) is 4.73. The van der Waals surface area contributed by atoms with Crippen molar-refractivity contribution in [2.45, 2.75) is 6.42 Å². The van der Waals surface area contributed by atoms with Crippen LogP contribution in [0.4, 0.5) is 0 Å². The largest absolute Gasteiger partial charge is 0.405 e. The van der Waals surface area contributed by atoms with Crippen molar-refractivity contribution in [1.82, 2.24) is 4.98 Å². The molecule has 0 unspecified atom stereocenters. The van der Waals surface area contributed by atoms with Gasteiger partial charge in [0.1, 0.15) is 0 Å². The van der Waals surface area contributed by atoms with Gasteiger partial charge in [-0.25, -0.2) is 0 Å². The lowest BCUT2D eigenvalue weighted by molar-refractivity contribution is 1.30. The minimum atomic E-state index is 0.534. The average Bonchev–Trinajstić information content (AvgIpc) is 3.08. The molecule has 7 rings (SSSR count). The first-order chi connectivity index (χ1) is 21.7. The molecule has 1 aromatic heterocycles. The summed E-state index contributed by atoms with van der Waals surface area (Å²) in [6.07, 6.45) is 7.29. The summed E-state index contributed by atoms with van der Waals surface area (Å²) in [6, 6.07) is 42.2. The zero-order valence-corrected chi connectivity index (χ0v) is 23.8. The van der Waals surface area contributed by atoms with E-state index in [4.69, 9.17) is 10.7 Å². The van der Waals surface area contributed by atoms with E-state index in [9.17, 15) is 10.5 Å². The summed E-state index contributed by atoms with van der Waals surface area (Å²) in [5.41, 5.74) is 12.0. The molecule has 0 saturated carbocycles. The van der Waals surface area contributed by atoms with Crippen LogP contribution in [0.5, 0.6) is 0 Å². The third kappa shape index (κ3) is 4.34. The Kier molecular flexibility index (Phi) is 6.79. The smallest absolute Gasteiger partial charge is 0.0992 e. The molecule has 4 nitrogen and oxygen atoms in total. The van der Waals surface area contributed by atoms with Gasteiger partial charge in [0.15, 0.2) is 0 Å². The van der Waals surface area contributed by atoms with E-state index in [1.807, 2.05) is 12.1 Å². The van der Waals surface area contributed by atoms with Gasteiger partial charge in [-0.2, -0.15) is 10.5 Å². The molecule has 7 aromatic rings. The maximum Gasteiger partial charge on any atom is 0.0992 e. The molecule has 0 amide bonds. The minimum Gasteiger partial charge on any atom is -0.405 e. The summed E-state index contributed by atoms with van der Waals surface area (Å²) >= 11 is 0. The molecule has 0 atom stereocenters. The minimum absolute atomic E-state index is 0.534. The van der Waals surface area contributed by atoms with Gasteiger partial charge in [0.2, 0.25) is 0 Å². The Bertz CT molecular complexity index is 2290. The SMILES string of the molecule is N#CC(/C=C\N)=C/Cc1c2ccccc2c(-c2c3ccccc3c(-c3cc(C#N)ccn3)c3ccccc23)c2ccccc12. The summed E-state index contributed by atoms with van der Waals surface area (Å²) in [7, 11) is 0. The molecular formula is C40H26N4. The highest BCUT2D eigenvalue weighted by Crippen LogP contribution is 2.48. The van der Waals surface area contributed by atoms with E-state index in [0.717, 1.165) is 59.9 Å². The van der Waals surface area contributed by atoms with Gasteiger partial charge < -0.3 is 5.73 Å². The van der Waals surface area contributed by atoms with E-state index < -0.39 is 0 Å². The van der Waals surface area contributed by atoms with Crippen molar-refractivity contribution in [3.63, 3.8) is 0 Å². The van der Waals surface area contributed by atoms with Gasteiger partial charge in [0, 0.05) is 17.3 Å². The fourth-order valence-electron chi connectivity index (χ4n) is 6.49. The van der Waals surface area contributed by atoms with Crippen LogP contribution in [0.3, 0.4) is 0 Å². The van der Waals surface area contributed by atoms with Crippen LogP contribution >= 0.6 is 0 Å². The molecule has 206 valence electrons. The fourth-order valence-corrected chi connectivity index (χ4v) is 6.49. The number of nitriles is 2. The number of nitrogens with zero attached hydrogens (tertiary/aromatic N) is 3. The lowest BCUT2D eigenvalue weighted by Crippen LogP contribution is -1.96. The number of aromatic nitrogens is 1. The number of allylic oxidation sites excluding steroid dienone is 3. The predicted octanol–water partition coefficient (Wildman–Crippen LogP) is 9.36. The summed E-state index contributed by atoms with van der Waals surface area (Å²) < 4.78 is 0. The Morgan fingerprint density at radius 2 is 1.09 bits per heavy atom. The van der Waals surface area contributed by atoms with Crippen LogP contribution in [0.25, 0.3) is 65.5 Å². The fraction of sp³-hybridized carbons (Fsp3) is 0.0250. The Labute approximate surface area is 255 Å². The molecule has 2 N–H and O–H groups in total. The molecule has 0 radical (unpaired) electrons. The lowest BCUT2D eigenvalue weighted by Gasteiger charge is -2.21. The Morgan fingerprint density at radius 3 is 1.55 bits per heavy atom. The standard InChI is InChI=1S/C40H26N4/c41-21-19-26(24-42)17-18-30-28-9-1-3-11-31(28)39(32-12-4-2-10-29(30)32)40-35-15-7-5-13-33(35)38(34-14-6-8-16-36(34)40)37-23-27(25-43)20-22-44-37/h1-17,19-23H,18,41H2/b21-19-,26-17+. The third-order valence-electron chi connectivity index (χ3n) is 8.30. The topological polar surface area (TPSA) is 86.5 Å². The summed E-state index contributed by atoms with van der Waals surface area (Å²) in [5, 5.41) is 28.3. The first-order valence-electron chi connectivity index (χ1n) is 14.4. The van der Waals surface area contributed by atoms with Crippen LogP contribution in [0.15, 0.2) is 139 Å². The van der Waals surface area contributed by atoms with Crippen molar-refractivity contribution in [1.29, 1.82) is 10.5 Å². The van der Waals surface area contributed by atoms with Gasteiger partial charge in [0.25, 0.3) is 0 Å². The Morgan fingerprint density at radius 1 is 0.636 bits per heavy atom. The van der Waals surface area contributed by atoms with Gasteiger partial charge in [-0.3, -0.25) is 4.98 Å². The number of hydrogen-bond donors (Lipinski definition) is 1. The van der Waals surface area contributed by atoms with Gasteiger partial charge in [-0.15, -0.1) is 0 Å². The van der Waals surface area contributed by atoms with E-state index in [-0.39, 0.29) is 0 Å². The van der Waals surface area contributed by atoms with Crippen LogP contribution in [-0.2, 0) is 6.42 Å². The second kappa shape index (κ2) is 11.2. The number of rotatable bonds is 5. The highest BCUT2D eigenvalue weighted by Gasteiger charge is 2.21. The van der Waals surface area contributed by atoms with Gasteiger partial charge in [-0.1, -0.05) is 103 Å². The van der Waals surface area contributed by atoms with E-state index in [1.165, 1.54) is 17.3 Å². The zero-order valence-electron chi connectivity index (χ0n) is 23.8. The van der Waals surface area contributed by atoms with Crippen LogP contribution in [0.2, 0.25) is 0 Å². The van der Waals surface area contributed by atoms with E-state index in [1.54, 1.807) is 18.3 Å². The average molecular weight is 563 g/mol. The Hall–Kier alpha value is -6.23. The number of nitrogens with two attached hydrogens (primary N) is 1. The molecule has 4 heteroatoms. The molecule has 0 aliphatic rings. The highest BCUT2D eigenvalue weighted by atomic mass is 14.7. The van der Waals surface area contributed by atoms with Crippen molar-refractivity contribution in [3.8, 4) is 34.5 Å². The number of fused-ring (bicyclic) bond motifs is 4. The molecular weight excluding hydrogens is 536 g/mol. The van der Waals surface area contributed by atoms with Crippen molar-refractivity contribution >= 4 is 43.1 Å². The van der Waals surface area contributed by atoms with Gasteiger partial charge in [-0.05, 0) is 90.6 Å². The molecule has 0 aliphatic carbocycles. The third-order valence-corrected chi connectivity index (χ3v) is 8.30. The molecule has 0 aliphatic heterocycles. The lowest BCUT2D eigenvalue weighted by atomic mass is 9.82. The van der Waals surface area contributed by atoms with Gasteiger partial charge >= 0.3 is 0 Å². The van der Waals surface area contributed by atoms with Crippen molar-refractivity contribution in [2.75, 3.05) is 0 Å². The Balaban J connectivity index is 1.64. The molecule has 0 fully saturated rings. The number of hydrogen-bond acceptors (Lipinski definition) is 4. The number of pyridine rings is 1. The van der Waals surface area contributed by atoms with E-state index in [0.29, 0.717) is 17.6 Å². The summed E-state index contributed by atoms with van der Waals surface area (Å²) in [5.74, 6) is 0. The monoisotopic (exact) mass is 562 g/mol. The number of benzene rings is 6. The van der Waals surface area contributed by atoms with Crippen LogP contribution in [0.1, 0.15) is 11.1 Å². The molecule has 44 heavy (non-hydrogen) atoms. The molecule has 1 heterocycles. The van der Waals surface area contributed by atoms with Crippen molar-refractivity contribution < 1.29 is 0 Å². The van der Waals surface area contributed by atoms with E-state index in [2.05, 4.69) is 109 Å². The second-order valence-corrected chi connectivity index (χ2v) is 10.7. The molecule has 0 spiro atoms. The van der Waals surface area contributed by atoms with Crippen LogP contribution < -0.4 is 5.73 Å². The quantitative estimate of drug-likeness (QED) is 0.129. The first kappa shape index (κ1) is 26.7. The highest BCUT2D eigenvalue weighted by molar-refractivity contribution is 6.27. The van der Waals surface area contributed by atoms with Crippen molar-refractivity contribution in [3.05, 3.63) is 150 Å². The molecule has 6 aromatic carbocycles. The van der Waals surface area contributed by atoms with Crippen LogP contribution in [0, 0.1) is 22.7 Å². The normalized spacial score (nSPS) is 11.8. The maximum atomic E-state index is 9.66. The zero-order chi connectivity index (χ0) is 30.0. The van der Waals surface area contributed by atoms with Crippen molar-refractivity contribution in [2.24, 2.45) is 5.73 Å².